The number of hydrogen-bond donors (Lipinski definition) is 0. The number of rotatable bonds is 0. The summed E-state index contributed by atoms with van der Waals surface area (Å²) in [7, 11) is 0. The van der Waals surface area contributed by atoms with Crippen LogP contribution in [0.2, 0.25) is 0 Å². The molecule has 0 aromatic heterocycles. The zero-order valence-corrected chi connectivity index (χ0v) is 8.59. The highest BCUT2D eigenvalue weighted by atomic mass is 14.2. The Hall–Kier alpha value is -1.56. The van der Waals surface area contributed by atoms with E-state index in [-0.39, 0.29) is 0 Å². The van der Waals surface area contributed by atoms with E-state index in [0.717, 1.165) is 6.42 Å². The molecule has 0 radical (unpaired) electrons. The van der Waals surface area contributed by atoms with E-state index in [4.69, 9.17) is 0 Å². The summed E-state index contributed by atoms with van der Waals surface area (Å²) in [5, 5.41) is 3.02. The van der Waals surface area contributed by atoms with Crippen molar-refractivity contribution in [2.24, 2.45) is 0 Å². The zero-order valence-electron chi connectivity index (χ0n) is 8.59. The van der Waals surface area contributed by atoms with Crippen LogP contribution in [0.1, 0.15) is 22.3 Å². The summed E-state index contributed by atoms with van der Waals surface area (Å²) in [6, 6.07) is 9.19. The van der Waals surface area contributed by atoms with Crippen molar-refractivity contribution in [1.29, 1.82) is 0 Å². The van der Waals surface area contributed by atoms with Gasteiger partial charge in [-0.15, -0.1) is 0 Å². The van der Waals surface area contributed by atoms with E-state index in [9.17, 15) is 0 Å². The summed E-state index contributed by atoms with van der Waals surface area (Å²) >= 11 is 0. The quantitative estimate of drug-likeness (QED) is 0.599. The Morgan fingerprint density at radius 1 is 0.933 bits per heavy atom. The molecule has 15 heavy (non-hydrogen) atoms. The Labute approximate surface area is 89.2 Å². The first-order valence-electron chi connectivity index (χ1n) is 5.66. The Kier molecular flexibility index (Phi) is 1.29. The highest BCUT2D eigenvalue weighted by Gasteiger charge is 2.18. The van der Waals surface area contributed by atoms with E-state index in [1.807, 2.05) is 0 Å². The maximum atomic E-state index is 2.42. The van der Waals surface area contributed by atoms with Crippen molar-refractivity contribution in [2.45, 2.75) is 19.3 Å². The number of fused-ring (bicyclic) bond motifs is 2. The number of aryl methyl sites for hydroxylation is 2. The standard InChI is InChI=1S/C15H12/c1-3-10-7-8-12-9-11-4-2-5-13(11)14(6-1)15(10)12/h1-3,5-6,9H,4,7-8H2. The summed E-state index contributed by atoms with van der Waals surface area (Å²) in [4.78, 5) is 0. The third-order valence-electron chi connectivity index (χ3n) is 3.74. The van der Waals surface area contributed by atoms with Crippen molar-refractivity contribution in [3.8, 4) is 0 Å². The van der Waals surface area contributed by atoms with Gasteiger partial charge in [0.2, 0.25) is 0 Å². The van der Waals surface area contributed by atoms with Crippen molar-refractivity contribution in [3.05, 3.63) is 52.6 Å². The zero-order chi connectivity index (χ0) is 9.83. The Morgan fingerprint density at radius 2 is 1.87 bits per heavy atom. The van der Waals surface area contributed by atoms with Gasteiger partial charge in [0.25, 0.3) is 0 Å². The van der Waals surface area contributed by atoms with Crippen LogP contribution < -0.4 is 0 Å². The second-order valence-electron chi connectivity index (χ2n) is 4.55. The summed E-state index contributed by atoms with van der Waals surface area (Å²) in [5.41, 5.74) is 6.11. The predicted octanol–water partition coefficient (Wildman–Crippen LogP) is 3.51. The molecule has 0 unspecified atom stereocenters. The fourth-order valence-corrected chi connectivity index (χ4v) is 3.08. The maximum absolute atomic E-state index is 2.42. The lowest BCUT2D eigenvalue weighted by atomic mass is 9.97. The molecule has 0 N–H and O–H groups in total. The number of allylic oxidation sites excluding steroid dienone is 1. The molecule has 0 heteroatoms. The molecule has 4 rings (SSSR count). The molecule has 2 aliphatic rings. The maximum Gasteiger partial charge on any atom is -0.00878 e. The van der Waals surface area contributed by atoms with Gasteiger partial charge in [0.1, 0.15) is 0 Å². The molecule has 0 nitrogen and oxygen atoms in total. The second kappa shape index (κ2) is 2.52. The van der Waals surface area contributed by atoms with Crippen molar-refractivity contribution in [2.75, 3.05) is 0 Å². The van der Waals surface area contributed by atoms with Crippen molar-refractivity contribution in [1.82, 2.24) is 0 Å². The van der Waals surface area contributed by atoms with Crippen LogP contribution in [0, 0.1) is 0 Å². The van der Waals surface area contributed by atoms with Gasteiger partial charge in [-0.05, 0) is 52.3 Å². The topological polar surface area (TPSA) is 0 Å². The average molecular weight is 192 g/mol. The fraction of sp³-hybridized carbons (Fsp3) is 0.200. The van der Waals surface area contributed by atoms with E-state index in [1.54, 1.807) is 16.5 Å². The monoisotopic (exact) mass is 192 g/mol. The van der Waals surface area contributed by atoms with E-state index in [0.29, 0.717) is 0 Å². The highest BCUT2D eigenvalue weighted by Crippen LogP contribution is 2.37. The van der Waals surface area contributed by atoms with E-state index >= 15 is 0 Å². The third-order valence-corrected chi connectivity index (χ3v) is 3.74. The minimum Gasteiger partial charge on any atom is -0.0795 e. The van der Waals surface area contributed by atoms with Crippen molar-refractivity contribution in [3.63, 3.8) is 0 Å². The van der Waals surface area contributed by atoms with Crippen LogP contribution in [0.5, 0.6) is 0 Å². The Bertz CT molecular complexity index is 603. The molecular weight excluding hydrogens is 180 g/mol. The van der Waals surface area contributed by atoms with Gasteiger partial charge in [0.15, 0.2) is 0 Å². The Morgan fingerprint density at radius 3 is 2.87 bits per heavy atom. The molecule has 0 fully saturated rings. The van der Waals surface area contributed by atoms with Gasteiger partial charge >= 0.3 is 0 Å². The summed E-state index contributed by atoms with van der Waals surface area (Å²) in [5.74, 6) is 0. The van der Waals surface area contributed by atoms with Crippen LogP contribution in [0.3, 0.4) is 0 Å². The van der Waals surface area contributed by atoms with E-state index in [1.165, 1.54) is 29.4 Å². The molecule has 72 valence electrons. The molecule has 0 aliphatic heterocycles. The molecule has 0 saturated heterocycles. The molecule has 2 aromatic carbocycles. The van der Waals surface area contributed by atoms with Crippen LogP contribution in [-0.2, 0) is 19.3 Å². The van der Waals surface area contributed by atoms with Crippen LogP contribution in [0.15, 0.2) is 30.3 Å². The summed E-state index contributed by atoms with van der Waals surface area (Å²) < 4.78 is 0. The van der Waals surface area contributed by atoms with Crippen LogP contribution in [0.4, 0.5) is 0 Å². The minimum atomic E-state index is 1.13. The Balaban J connectivity index is 2.28. The first-order chi connectivity index (χ1) is 7.43. The molecule has 0 heterocycles. The third kappa shape index (κ3) is 0.872. The summed E-state index contributed by atoms with van der Waals surface area (Å²) in [6.45, 7) is 0. The van der Waals surface area contributed by atoms with Gasteiger partial charge in [-0.3, -0.25) is 0 Å². The van der Waals surface area contributed by atoms with Gasteiger partial charge in [0, 0.05) is 0 Å². The first-order valence-corrected chi connectivity index (χ1v) is 5.66. The van der Waals surface area contributed by atoms with Gasteiger partial charge < -0.3 is 0 Å². The summed E-state index contributed by atoms with van der Waals surface area (Å²) in [6.07, 6.45) is 8.17. The highest BCUT2D eigenvalue weighted by molar-refractivity contribution is 5.98. The molecule has 0 spiro atoms. The smallest absolute Gasteiger partial charge is 0.00878 e. The van der Waals surface area contributed by atoms with E-state index < -0.39 is 0 Å². The van der Waals surface area contributed by atoms with Crippen LogP contribution in [-0.4, -0.2) is 0 Å². The van der Waals surface area contributed by atoms with Crippen molar-refractivity contribution >= 4 is 16.8 Å². The lowest BCUT2D eigenvalue weighted by Crippen LogP contribution is -1.87. The van der Waals surface area contributed by atoms with E-state index in [2.05, 4.69) is 36.4 Å². The van der Waals surface area contributed by atoms with Gasteiger partial charge in [-0.2, -0.15) is 0 Å². The molecular formula is C15H12. The molecule has 0 amide bonds. The molecule has 2 aliphatic carbocycles. The lowest BCUT2D eigenvalue weighted by molar-refractivity contribution is 1.02. The van der Waals surface area contributed by atoms with Gasteiger partial charge in [-0.1, -0.05) is 36.4 Å². The normalized spacial score (nSPS) is 16.3. The molecule has 0 saturated carbocycles. The second-order valence-corrected chi connectivity index (χ2v) is 4.55. The molecule has 0 atom stereocenters. The fourth-order valence-electron chi connectivity index (χ4n) is 3.08. The average Bonchev–Trinajstić information content (AvgIpc) is 2.87. The van der Waals surface area contributed by atoms with Gasteiger partial charge in [0.05, 0.1) is 0 Å². The SMILES string of the molecule is C1=Cc2c(cc3c4c(cccc24)CC3)C1. The molecule has 0 bridgehead atoms. The van der Waals surface area contributed by atoms with Crippen LogP contribution >= 0.6 is 0 Å². The molecule has 2 aromatic rings. The van der Waals surface area contributed by atoms with Crippen LogP contribution in [0.25, 0.3) is 16.8 Å². The number of benzene rings is 2. The predicted molar refractivity (Wildman–Crippen MR) is 64.1 cm³/mol. The lowest BCUT2D eigenvalue weighted by Gasteiger charge is -2.07. The largest absolute Gasteiger partial charge is 0.0795 e. The number of hydrogen-bond acceptors (Lipinski definition) is 0. The minimum absolute atomic E-state index is 1.13. The first kappa shape index (κ1) is 7.70. The van der Waals surface area contributed by atoms with Gasteiger partial charge in [-0.25, -0.2) is 0 Å². The van der Waals surface area contributed by atoms with Crippen molar-refractivity contribution < 1.29 is 0 Å².